The number of para-hydroxylation sites is 1. The molecule has 3 atom stereocenters. The maximum Gasteiger partial charge on any atom is 0.338 e. The van der Waals surface area contributed by atoms with Crippen molar-refractivity contribution in [3.05, 3.63) is 123 Å². The Morgan fingerprint density at radius 2 is 1.62 bits per heavy atom. The highest BCUT2D eigenvalue weighted by Crippen LogP contribution is 2.51. The van der Waals surface area contributed by atoms with E-state index in [1.807, 2.05) is 30.3 Å². The van der Waals surface area contributed by atoms with Crippen LogP contribution in [0, 0.1) is 11.7 Å². The molecular formula is C31H26ClFN2O5. The van der Waals surface area contributed by atoms with Gasteiger partial charge in [-0.25, -0.2) is 9.18 Å². The summed E-state index contributed by atoms with van der Waals surface area (Å²) < 4.78 is 25.5. The van der Waals surface area contributed by atoms with Crippen molar-refractivity contribution < 1.29 is 28.2 Å². The molecule has 5 rings (SSSR count). The van der Waals surface area contributed by atoms with E-state index in [1.165, 1.54) is 37.3 Å². The molecule has 0 spiro atoms. The Morgan fingerprint density at radius 1 is 0.950 bits per heavy atom. The van der Waals surface area contributed by atoms with E-state index >= 15 is 4.39 Å². The van der Waals surface area contributed by atoms with E-state index in [1.54, 1.807) is 30.3 Å². The Bertz CT molecular complexity index is 1570. The molecule has 0 saturated heterocycles. The van der Waals surface area contributed by atoms with Crippen molar-refractivity contribution in [2.24, 2.45) is 11.7 Å². The molecular weight excluding hydrogens is 535 g/mol. The van der Waals surface area contributed by atoms with Gasteiger partial charge in [0.1, 0.15) is 17.6 Å². The smallest absolute Gasteiger partial charge is 0.338 e. The molecule has 3 aromatic rings. The van der Waals surface area contributed by atoms with Crippen LogP contribution in [0.2, 0.25) is 5.02 Å². The number of methoxy groups -OCH3 is 2. The summed E-state index contributed by atoms with van der Waals surface area (Å²) in [7, 11) is 2.42. The first-order valence-electron chi connectivity index (χ1n) is 12.6. The van der Waals surface area contributed by atoms with Crippen LogP contribution in [-0.4, -0.2) is 31.9 Å². The largest absolute Gasteiger partial charge is 0.468 e. The molecule has 9 heteroatoms. The highest BCUT2D eigenvalue weighted by Gasteiger charge is 2.51. The summed E-state index contributed by atoms with van der Waals surface area (Å²) in [6.07, 6.45) is 0.130. The number of hydrogen-bond donors (Lipinski definition) is 1. The summed E-state index contributed by atoms with van der Waals surface area (Å²) in [5.74, 6) is -5.64. The Kier molecular flexibility index (Phi) is 7.45. The fourth-order valence-electron chi connectivity index (χ4n) is 5.68. The molecule has 1 aliphatic carbocycles. The van der Waals surface area contributed by atoms with E-state index in [9.17, 15) is 14.4 Å². The van der Waals surface area contributed by atoms with E-state index in [4.69, 9.17) is 26.8 Å². The molecule has 3 aromatic carbocycles. The van der Waals surface area contributed by atoms with Crippen LogP contribution in [0.3, 0.4) is 0 Å². The maximum atomic E-state index is 15.3. The maximum absolute atomic E-state index is 15.3. The van der Waals surface area contributed by atoms with Crippen LogP contribution in [0.15, 0.2) is 102 Å². The average molecular weight is 561 g/mol. The second kappa shape index (κ2) is 11.0. The molecule has 0 fully saturated rings. The number of Topliss-reactive ketones (excluding diaryl/α,β-unsaturated/α-hetero) is 1. The Labute approximate surface area is 235 Å². The number of nitrogens with zero attached hydrogens (tertiary/aromatic N) is 1. The molecule has 204 valence electrons. The van der Waals surface area contributed by atoms with Gasteiger partial charge in [0, 0.05) is 22.2 Å². The zero-order chi connectivity index (χ0) is 28.6. The number of ketones is 1. The van der Waals surface area contributed by atoms with Crippen LogP contribution in [-0.2, 0) is 23.9 Å². The number of ether oxygens (including phenoxy) is 2. The zero-order valence-corrected chi connectivity index (χ0v) is 22.5. The Hall–Kier alpha value is -4.43. The van der Waals surface area contributed by atoms with E-state index < -0.39 is 41.3 Å². The molecule has 0 aromatic heterocycles. The second-order valence-electron chi connectivity index (χ2n) is 9.51. The molecule has 1 heterocycles. The predicted molar refractivity (Wildman–Crippen MR) is 148 cm³/mol. The monoisotopic (exact) mass is 560 g/mol. The fourth-order valence-corrected chi connectivity index (χ4v) is 5.87. The van der Waals surface area contributed by atoms with Crippen molar-refractivity contribution in [1.82, 2.24) is 0 Å². The summed E-state index contributed by atoms with van der Waals surface area (Å²) in [6, 6.07) is 21.7. The van der Waals surface area contributed by atoms with Crippen LogP contribution in [0.4, 0.5) is 10.1 Å². The van der Waals surface area contributed by atoms with Gasteiger partial charge >= 0.3 is 11.9 Å². The van der Waals surface area contributed by atoms with E-state index in [2.05, 4.69) is 0 Å². The minimum atomic E-state index is -1.21. The number of rotatable bonds is 5. The SMILES string of the molecule is COC(=O)C1=C(N)N(c2ccccc2F)C2=C(C(=O)[C@H](C(=O)OC)[C@H](c3ccccc3)C2)[C@@H]1c1cccc(Cl)c1. The van der Waals surface area contributed by atoms with Crippen molar-refractivity contribution in [3.63, 3.8) is 0 Å². The second-order valence-corrected chi connectivity index (χ2v) is 9.95. The summed E-state index contributed by atoms with van der Waals surface area (Å²) in [4.78, 5) is 42.4. The number of benzene rings is 3. The number of esters is 2. The molecule has 0 radical (unpaired) electrons. The lowest BCUT2D eigenvalue weighted by Crippen LogP contribution is -2.46. The molecule has 40 heavy (non-hydrogen) atoms. The highest BCUT2D eigenvalue weighted by molar-refractivity contribution is 6.30. The van der Waals surface area contributed by atoms with E-state index in [0.717, 1.165) is 5.56 Å². The summed E-state index contributed by atoms with van der Waals surface area (Å²) in [5, 5.41) is 0.369. The van der Waals surface area contributed by atoms with Gasteiger partial charge in [-0.1, -0.05) is 66.2 Å². The summed E-state index contributed by atoms with van der Waals surface area (Å²) in [6.45, 7) is 0. The van der Waals surface area contributed by atoms with Crippen LogP contribution < -0.4 is 10.6 Å². The normalized spacial score (nSPS) is 20.8. The third kappa shape index (κ3) is 4.54. The third-order valence-corrected chi connectivity index (χ3v) is 7.64. The van der Waals surface area contributed by atoms with Gasteiger partial charge in [-0.2, -0.15) is 0 Å². The first-order valence-corrected chi connectivity index (χ1v) is 12.9. The first-order chi connectivity index (χ1) is 19.3. The van der Waals surface area contributed by atoms with Gasteiger partial charge < -0.3 is 15.2 Å². The molecule has 0 unspecified atom stereocenters. The van der Waals surface area contributed by atoms with E-state index in [-0.39, 0.29) is 29.1 Å². The van der Waals surface area contributed by atoms with Gasteiger partial charge in [-0.15, -0.1) is 0 Å². The number of carbonyl (C=O) groups is 3. The van der Waals surface area contributed by atoms with Crippen LogP contribution in [0.25, 0.3) is 0 Å². The van der Waals surface area contributed by atoms with Crippen molar-refractivity contribution >= 4 is 35.0 Å². The van der Waals surface area contributed by atoms with Crippen molar-refractivity contribution in [2.45, 2.75) is 18.3 Å². The van der Waals surface area contributed by atoms with Crippen molar-refractivity contribution in [3.8, 4) is 0 Å². The predicted octanol–water partition coefficient (Wildman–Crippen LogP) is 5.23. The van der Waals surface area contributed by atoms with Crippen LogP contribution in [0.5, 0.6) is 0 Å². The van der Waals surface area contributed by atoms with Gasteiger partial charge in [0.05, 0.1) is 31.4 Å². The molecule has 0 amide bonds. The molecule has 2 aliphatic rings. The summed E-state index contributed by atoms with van der Waals surface area (Å²) in [5.41, 5.74) is 8.40. The molecule has 0 bridgehead atoms. The lowest BCUT2D eigenvalue weighted by molar-refractivity contribution is -0.150. The minimum absolute atomic E-state index is 0.0505. The van der Waals surface area contributed by atoms with Crippen LogP contribution >= 0.6 is 11.6 Å². The quantitative estimate of drug-likeness (QED) is 0.337. The molecule has 1 aliphatic heterocycles. The standard InChI is InChI=1S/C31H26ClFN2O5/c1-39-30(37)25-20(17-9-4-3-5-10-17)16-23-26(28(25)36)24(18-11-8-12-19(32)15-18)27(31(38)40-2)29(34)35(23)22-14-7-6-13-21(22)33/h3-15,20,24-25H,16,34H2,1-2H3/t20-,24-,25+/m0/s1. The highest BCUT2D eigenvalue weighted by atomic mass is 35.5. The van der Waals surface area contributed by atoms with Gasteiger partial charge in [-0.05, 0) is 41.8 Å². The molecule has 2 N–H and O–H groups in total. The number of carbonyl (C=O) groups excluding carboxylic acids is 3. The third-order valence-electron chi connectivity index (χ3n) is 7.40. The topological polar surface area (TPSA) is 98.9 Å². The fraction of sp³-hybridized carbons (Fsp3) is 0.194. The zero-order valence-electron chi connectivity index (χ0n) is 21.8. The minimum Gasteiger partial charge on any atom is -0.468 e. The number of nitrogens with two attached hydrogens (primary N) is 1. The first kappa shape index (κ1) is 27.1. The Morgan fingerprint density at radius 3 is 2.27 bits per heavy atom. The average Bonchev–Trinajstić information content (AvgIpc) is 2.96. The lowest BCUT2D eigenvalue weighted by Gasteiger charge is -2.44. The number of anilines is 1. The van der Waals surface area contributed by atoms with Gasteiger partial charge in [-0.3, -0.25) is 14.5 Å². The van der Waals surface area contributed by atoms with Crippen molar-refractivity contribution in [1.29, 1.82) is 0 Å². The van der Waals surface area contributed by atoms with Gasteiger partial charge in [0.25, 0.3) is 0 Å². The van der Waals surface area contributed by atoms with Gasteiger partial charge in [0.15, 0.2) is 5.78 Å². The number of allylic oxidation sites excluding steroid dienone is 2. The van der Waals surface area contributed by atoms with E-state index in [0.29, 0.717) is 16.3 Å². The molecule has 0 saturated carbocycles. The van der Waals surface area contributed by atoms with Crippen LogP contribution in [0.1, 0.15) is 29.4 Å². The lowest BCUT2D eigenvalue weighted by atomic mass is 9.67. The number of hydrogen-bond acceptors (Lipinski definition) is 7. The van der Waals surface area contributed by atoms with Crippen molar-refractivity contribution in [2.75, 3.05) is 19.1 Å². The molecule has 7 nitrogen and oxygen atoms in total. The summed E-state index contributed by atoms with van der Waals surface area (Å²) >= 11 is 6.32. The number of halogens is 2. The Balaban J connectivity index is 1.85. The van der Waals surface area contributed by atoms with Gasteiger partial charge in [0.2, 0.25) is 0 Å².